The monoisotopic (exact) mass is 360 g/mol. The molecule has 1 amide bonds. The maximum absolute atomic E-state index is 12.4. The molecule has 0 unspecified atom stereocenters. The minimum Gasteiger partial charge on any atom is -0.319 e. The standard InChI is InChI=1S/C17H16N2O3S2/c1-11-6-4-9-14-15(11)19(2)17(23-14)18-16(20)12-7-5-8-13(10-12)24(3,21)22/h4-10H,1-3H3. The normalized spacial score (nSPS) is 12.7. The number of hydrogen-bond donors (Lipinski definition) is 0. The van der Waals surface area contributed by atoms with Gasteiger partial charge in [-0.05, 0) is 36.8 Å². The van der Waals surface area contributed by atoms with Crippen molar-refractivity contribution in [3.05, 3.63) is 58.4 Å². The molecular formula is C17H16N2O3S2. The van der Waals surface area contributed by atoms with Crippen molar-refractivity contribution >= 4 is 37.3 Å². The lowest BCUT2D eigenvalue weighted by atomic mass is 10.2. The molecular weight excluding hydrogens is 344 g/mol. The van der Waals surface area contributed by atoms with Gasteiger partial charge < -0.3 is 4.57 Å². The SMILES string of the molecule is Cc1cccc2sc(=NC(=O)c3cccc(S(C)(=O)=O)c3)n(C)c12. The molecule has 0 aliphatic rings. The van der Waals surface area contributed by atoms with Gasteiger partial charge in [0.1, 0.15) is 0 Å². The molecule has 0 atom stereocenters. The average molecular weight is 360 g/mol. The molecule has 24 heavy (non-hydrogen) atoms. The molecule has 0 saturated heterocycles. The number of amides is 1. The van der Waals surface area contributed by atoms with Crippen LogP contribution in [0.3, 0.4) is 0 Å². The van der Waals surface area contributed by atoms with Crippen molar-refractivity contribution in [2.75, 3.05) is 6.26 Å². The first-order valence-corrected chi connectivity index (χ1v) is 9.92. The van der Waals surface area contributed by atoms with E-state index in [1.54, 1.807) is 12.1 Å². The van der Waals surface area contributed by atoms with Crippen LogP contribution in [0, 0.1) is 6.92 Å². The highest BCUT2D eigenvalue weighted by Crippen LogP contribution is 2.20. The third-order valence-electron chi connectivity index (χ3n) is 3.73. The number of benzene rings is 2. The number of sulfone groups is 1. The second-order valence-electron chi connectivity index (χ2n) is 5.58. The maximum Gasteiger partial charge on any atom is 0.279 e. The molecule has 3 rings (SSSR count). The molecule has 3 aromatic rings. The number of thiazole rings is 1. The summed E-state index contributed by atoms with van der Waals surface area (Å²) < 4.78 is 26.2. The van der Waals surface area contributed by atoms with Crippen molar-refractivity contribution in [1.29, 1.82) is 0 Å². The van der Waals surface area contributed by atoms with Crippen LogP contribution in [-0.4, -0.2) is 25.1 Å². The Morgan fingerprint density at radius 3 is 2.54 bits per heavy atom. The Morgan fingerprint density at radius 1 is 1.17 bits per heavy atom. The first kappa shape index (κ1) is 16.6. The van der Waals surface area contributed by atoms with Gasteiger partial charge in [-0.1, -0.05) is 29.5 Å². The van der Waals surface area contributed by atoms with Gasteiger partial charge in [-0.2, -0.15) is 4.99 Å². The molecule has 0 radical (unpaired) electrons. The molecule has 1 aromatic heterocycles. The molecule has 2 aromatic carbocycles. The number of carbonyl (C=O) groups is 1. The third kappa shape index (κ3) is 3.05. The Balaban J connectivity index is 2.11. The zero-order valence-corrected chi connectivity index (χ0v) is 15.1. The van der Waals surface area contributed by atoms with E-state index in [2.05, 4.69) is 4.99 Å². The number of nitrogens with zero attached hydrogens (tertiary/aromatic N) is 2. The fourth-order valence-electron chi connectivity index (χ4n) is 2.52. The zero-order chi connectivity index (χ0) is 17.5. The summed E-state index contributed by atoms with van der Waals surface area (Å²) in [6.07, 6.45) is 1.11. The number of carbonyl (C=O) groups excluding carboxylic acids is 1. The highest BCUT2D eigenvalue weighted by molar-refractivity contribution is 7.90. The van der Waals surface area contributed by atoms with Crippen molar-refractivity contribution in [3.8, 4) is 0 Å². The fraction of sp³-hybridized carbons (Fsp3) is 0.176. The van der Waals surface area contributed by atoms with Gasteiger partial charge in [0.05, 0.1) is 15.1 Å². The van der Waals surface area contributed by atoms with Crippen LogP contribution in [0.4, 0.5) is 0 Å². The Bertz CT molecular complexity index is 1120. The van der Waals surface area contributed by atoms with Gasteiger partial charge in [-0.15, -0.1) is 0 Å². The van der Waals surface area contributed by atoms with Crippen LogP contribution in [0.25, 0.3) is 10.2 Å². The second kappa shape index (κ2) is 5.99. The van der Waals surface area contributed by atoms with Gasteiger partial charge in [0, 0.05) is 18.9 Å². The Morgan fingerprint density at radius 2 is 1.88 bits per heavy atom. The van der Waals surface area contributed by atoms with E-state index in [1.165, 1.54) is 23.5 Å². The summed E-state index contributed by atoms with van der Waals surface area (Å²) >= 11 is 1.43. The van der Waals surface area contributed by atoms with Crippen LogP contribution in [0.15, 0.2) is 52.4 Å². The zero-order valence-electron chi connectivity index (χ0n) is 13.5. The van der Waals surface area contributed by atoms with E-state index >= 15 is 0 Å². The quantitative estimate of drug-likeness (QED) is 0.706. The molecule has 5 nitrogen and oxygen atoms in total. The predicted molar refractivity (Wildman–Crippen MR) is 95.0 cm³/mol. The number of para-hydroxylation sites is 1. The highest BCUT2D eigenvalue weighted by Gasteiger charge is 2.12. The second-order valence-corrected chi connectivity index (χ2v) is 8.61. The minimum atomic E-state index is -3.36. The van der Waals surface area contributed by atoms with Crippen LogP contribution >= 0.6 is 11.3 Å². The molecule has 0 aliphatic heterocycles. The van der Waals surface area contributed by atoms with Crippen LogP contribution in [0.2, 0.25) is 0 Å². The van der Waals surface area contributed by atoms with Gasteiger partial charge in [-0.3, -0.25) is 4.79 Å². The number of aromatic nitrogens is 1. The summed E-state index contributed by atoms with van der Waals surface area (Å²) in [6, 6.07) is 11.9. The molecule has 0 bridgehead atoms. The molecule has 1 heterocycles. The van der Waals surface area contributed by atoms with E-state index in [9.17, 15) is 13.2 Å². The van der Waals surface area contributed by atoms with Crippen LogP contribution in [0.5, 0.6) is 0 Å². The fourth-order valence-corrected chi connectivity index (χ4v) is 4.28. The van der Waals surface area contributed by atoms with E-state index in [1.807, 2.05) is 36.7 Å². The molecule has 0 aliphatic carbocycles. The first-order chi connectivity index (χ1) is 11.3. The predicted octanol–water partition coefficient (Wildman–Crippen LogP) is 2.69. The largest absolute Gasteiger partial charge is 0.319 e. The lowest BCUT2D eigenvalue weighted by molar-refractivity contribution is 0.0997. The van der Waals surface area contributed by atoms with Gasteiger partial charge in [0.15, 0.2) is 14.6 Å². The van der Waals surface area contributed by atoms with Crippen LogP contribution in [0.1, 0.15) is 15.9 Å². The number of fused-ring (bicyclic) bond motifs is 1. The van der Waals surface area contributed by atoms with Crippen molar-refractivity contribution in [2.45, 2.75) is 11.8 Å². The summed E-state index contributed by atoms with van der Waals surface area (Å²) in [5.74, 6) is -0.458. The van der Waals surface area contributed by atoms with E-state index in [-0.39, 0.29) is 10.5 Å². The van der Waals surface area contributed by atoms with E-state index in [0.717, 1.165) is 22.0 Å². The van der Waals surface area contributed by atoms with Gasteiger partial charge in [-0.25, -0.2) is 8.42 Å². The van der Waals surface area contributed by atoms with Gasteiger partial charge in [0.25, 0.3) is 5.91 Å². The third-order valence-corrected chi connectivity index (χ3v) is 5.94. The van der Waals surface area contributed by atoms with Crippen molar-refractivity contribution in [1.82, 2.24) is 4.57 Å². The molecule has 124 valence electrons. The number of hydrogen-bond acceptors (Lipinski definition) is 4. The summed E-state index contributed by atoms with van der Waals surface area (Å²) in [6.45, 7) is 2.01. The lowest BCUT2D eigenvalue weighted by Gasteiger charge is -2.01. The van der Waals surface area contributed by atoms with Crippen LogP contribution in [-0.2, 0) is 16.9 Å². The summed E-state index contributed by atoms with van der Waals surface area (Å²) in [5, 5.41) is 0. The first-order valence-electron chi connectivity index (χ1n) is 7.22. The Hall–Kier alpha value is -2.25. The lowest BCUT2D eigenvalue weighted by Crippen LogP contribution is -2.14. The molecule has 0 N–H and O–H groups in total. The van der Waals surface area contributed by atoms with E-state index in [4.69, 9.17) is 0 Å². The summed E-state index contributed by atoms with van der Waals surface area (Å²) in [7, 11) is -1.50. The highest BCUT2D eigenvalue weighted by atomic mass is 32.2. The van der Waals surface area contributed by atoms with Crippen LogP contribution < -0.4 is 4.80 Å². The maximum atomic E-state index is 12.4. The van der Waals surface area contributed by atoms with E-state index in [0.29, 0.717) is 4.80 Å². The number of rotatable bonds is 2. The molecule has 7 heteroatoms. The summed E-state index contributed by atoms with van der Waals surface area (Å²) in [5.41, 5.74) is 2.41. The van der Waals surface area contributed by atoms with Crippen molar-refractivity contribution in [2.24, 2.45) is 12.0 Å². The van der Waals surface area contributed by atoms with Crippen molar-refractivity contribution < 1.29 is 13.2 Å². The molecule has 0 spiro atoms. The average Bonchev–Trinajstić information content (AvgIpc) is 2.84. The molecule has 0 saturated carbocycles. The van der Waals surface area contributed by atoms with E-state index < -0.39 is 15.7 Å². The number of aryl methyl sites for hydroxylation is 2. The smallest absolute Gasteiger partial charge is 0.279 e. The Kier molecular flexibility index (Phi) is 4.15. The minimum absolute atomic E-state index is 0.111. The van der Waals surface area contributed by atoms with Gasteiger partial charge >= 0.3 is 0 Å². The van der Waals surface area contributed by atoms with Crippen molar-refractivity contribution in [3.63, 3.8) is 0 Å². The Labute approximate surface area is 143 Å². The topological polar surface area (TPSA) is 68.5 Å². The van der Waals surface area contributed by atoms with Gasteiger partial charge in [0.2, 0.25) is 0 Å². The molecule has 0 fully saturated rings. The summed E-state index contributed by atoms with van der Waals surface area (Å²) in [4.78, 5) is 17.3.